The first-order chi connectivity index (χ1) is 16.2. The van der Waals surface area contributed by atoms with Crippen LogP contribution in [0.3, 0.4) is 0 Å². The molecule has 0 spiro atoms. The Bertz CT molecular complexity index is 1230. The van der Waals surface area contributed by atoms with Crippen LogP contribution >= 0.6 is 0 Å². The van der Waals surface area contributed by atoms with E-state index in [-0.39, 0.29) is 43.4 Å². The first-order valence-corrected chi connectivity index (χ1v) is 12.3. The Morgan fingerprint density at radius 3 is 2.53 bits per heavy atom. The number of benzene rings is 2. The summed E-state index contributed by atoms with van der Waals surface area (Å²) < 4.78 is 62.3. The summed E-state index contributed by atoms with van der Waals surface area (Å²) >= 11 is 0. The first kappa shape index (κ1) is 25.1. The molecular formula is C22H24F2N4O5S. The Hall–Kier alpha value is -3.54. The van der Waals surface area contributed by atoms with Crippen LogP contribution in [-0.4, -0.2) is 43.9 Å². The lowest BCUT2D eigenvalue weighted by Gasteiger charge is -2.22. The Labute approximate surface area is 195 Å². The SMILES string of the molecule is CCOc1ccc(-c2noc(CNC(=O)CCCN(c3ccc(F)c(F)c3)S(C)(=O)=O)n2)cc1. The van der Waals surface area contributed by atoms with Gasteiger partial charge in [0.2, 0.25) is 27.6 Å². The standard InChI is InChI=1S/C22H24F2N4O5S/c1-3-32-17-9-6-15(7-10-17)22-26-21(33-27-22)14-25-20(29)5-4-12-28(34(2,30)31)16-8-11-18(23)19(24)13-16/h6-11,13H,3-5,12,14H2,1-2H3,(H,25,29). The first-order valence-electron chi connectivity index (χ1n) is 10.4. The Balaban J connectivity index is 1.50. The number of aromatic nitrogens is 2. The van der Waals surface area contributed by atoms with Gasteiger partial charge in [0, 0.05) is 24.6 Å². The van der Waals surface area contributed by atoms with Crippen LogP contribution in [0.4, 0.5) is 14.5 Å². The van der Waals surface area contributed by atoms with Gasteiger partial charge in [0.25, 0.3) is 0 Å². The van der Waals surface area contributed by atoms with Crippen molar-refractivity contribution in [2.24, 2.45) is 0 Å². The smallest absolute Gasteiger partial charge is 0.246 e. The lowest BCUT2D eigenvalue weighted by atomic mass is 10.2. The molecule has 3 aromatic rings. The zero-order valence-electron chi connectivity index (χ0n) is 18.6. The Morgan fingerprint density at radius 1 is 1.15 bits per heavy atom. The van der Waals surface area contributed by atoms with Gasteiger partial charge >= 0.3 is 0 Å². The predicted octanol–water partition coefficient (Wildman–Crippen LogP) is 3.28. The van der Waals surface area contributed by atoms with Gasteiger partial charge in [0.05, 0.1) is 25.1 Å². The predicted molar refractivity (Wildman–Crippen MR) is 121 cm³/mol. The Kier molecular flexibility index (Phi) is 8.16. The van der Waals surface area contributed by atoms with E-state index in [2.05, 4.69) is 15.5 Å². The lowest BCUT2D eigenvalue weighted by molar-refractivity contribution is -0.121. The summed E-state index contributed by atoms with van der Waals surface area (Å²) in [6, 6.07) is 9.97. The third-order valence-electron chi connectivity index (χ3n) is 4.68. The summed E-state index contributed by atoms with van der Waals surface area (Å²) in [6.45, 7) is 2.37. The van der Waals surface area contributed by atoms with Crippen molar-refractivity contribution in [3.63, 3.8) is 0 Å². The number of sulfonamides is 1. The number of rotatable bonds is 11. The van der Waals surface area contributed by atoms with Crippen molar-refractivity contribution in [2.45, 2.75) is 26.3 Å². The summed E-state index contributed by atoms with van der Waals surface area (Å²) in [5.74, 6) is -1.31. The van der Waals surface area contributed by atoms with Crippen molar-refractivity contribution in [1.82, 2.24) is 15.5 Å². The maximum atomic E-state index is 13.5. The fourth-order valence-corrected chi connectivity index (χ4v) is 4.04. The molecule has 0 aliphatic heterocycles. The second kappa shape index (κ2) is 11.1. The van der Waals surface area contributed by atoms with Gasteiger partial charge in [-0.25, -0.2) is 17.2 Å². The minimum atomic E-state index is -3.76. The summed E-state index contributed by atoms with van der Waals surface area (Å²) in [5, 5.41) is 6.52. The highest BCUT2D eigenvalue weighted by molar-refractivity contribution is 7.92. The minimum absolute atomic E-state index is 0.00181. The van der Waals surface area contributed by atoms with Crippen LogP contribution in [0.25, 0.3) is 11.4 Å². The van der Waals surface area contributed by atoms with Gasteiger partial charge in [0.15, 0.2) is 11.6 Å². The van der Waals surface area contributed by atoms with Gasteiger partial charge in [-0.2, -0.15) is 4.98 Å². The molecule has 0 atom stereocenters. The van der Waals surface area contributed by atoms with E-state index in [1.807, 2.05) is 6.92 Å². The molecule has 0 aliphatic rings. The van der Waals surface area contributed by atoms with Crippen LogP contribution in [-0.2, 0) is 21.4 Å². The number of carbonyl (C=O) groups is 1. The second-order valence-electron chi connectivity index (χ2n) is 7.28. The number of anilines is 1. The quantitative estimate of drug-likeness (QED) is 0.435. The number of carbonyl (C=O) groups excluding carboxylic acids is 1. The van der Waals surface area contributed by atoms with Crippen LogP contribution in [0, 0.1) is 11.6 Å². The summed E-state index contributed by atoms with van der Waals surface area (Å²) in [5.41, 5.74) is 0.706. The number of amides is 1. The molecule has 182 valence electrons. The van der Waals surface area contributed by atoms with Crippen molar-refractivity contribution in [3.05, 3.63) is 60.0 Å². The van der Waals surface area contributed by atoms with Gasteiger partial charge in [-0.05, 0) is 49.7 Å². The molecule has 34 heavy (non-hydrogen) atoms. The van der Waals surface area contributed by atoms with Crippen LogP contribution in [0.15, 0.2) is 47.0 Å². The maximum Gasteiger partial charge on any atom is 0.246 e. The number of hydrogen-bond acceptors (Lipinski definition) is 7. The van der Waals surface area contributed by atoms with E-state index in [1.54, 1.807) is 24.3 Å². The van der Waals surface area contributed by atoms with Crippen molar-refractivity contribution in [1.29, 1.82) is 0 Å². The molecule has 1 N–H and O–H groups in total. The molecule has 0 saturated carbocycles. The summed E-state index contributed by atoms with van der Waals surface area (Å²) in [7, 11) is -3.76. The van der Waals surface area contributed by atoms with E-state index in [0.29, 0.717) is 12.4 Å². The van der Waals surface area contributed by atoms with Gasteiger partial charge in [0.1, 0.15) is 5.75 Å². The summed E-state index contributed by atoms with van der Waals surface area (Å²) in [4.78, 5) is 16.4. The van der Waals surface area contributed by atoms with E-state index in [0.717, 1.165) is 40.1 Å². The highest BCUT2D eigenvalue weighted by atomic mass is 32.2. The normalized spacial score (nSPS) is 11.3. The monoisotopic (exact) mass is 494 g/mol. The van der Waals surface area contributed by atoms with E-state index < -0.39 is 21.7 Å². The molecule has 1 heterocycles. The van der Waals surface area contributed by atoms with Gasteiger partial charge in [-0.1, -0.05) is 5.16 Å². The Morgan fingerprint density at radius 2 is 1.88 bits per heavy atom. The zero-order chi connectivity index (χ0) is 24.7. The highest BCUT2D eigenvalue weighted by Gasteiger charge is 2.19. The van der Waals surface area contributed by atoms with Crippen molar-refractivity contribution >= 4 is 21.6 Å². The molecule has 2 aromatic carbocycles. The molecule has 0 saturated heterocycles. The molecule has 0 bridgehead atoms. The molecule has 0 fully saturated rings. The van der Waals surface area contributed by atoms with Crippen molar-refractivity contribution < 1.29 is 31.3 Å². The second-order valence-corrected chi connectivity index (χ2v) is 9.19. The van der Waals surface area contributed by atoms with Crippen molar-refractivity contribution in [3.8, 4) is 17.1 Å². The number of ether oxygens (including phenoxy) is 1. The minimum Gasteiger partial charge on any atom is -0.494 e. The maximum absolute atomic E-state index is 13.5. The number of nitrogens with zero attached hydrogens (tertiary/aromatic N) is 3. The van der Waals surface area contributed by atoms with Crippen LogP contribution in [0.5, 0.6) is 5.75 Å². The van der Waals surface area contributed by atoms with Gasteiger partial charge < -0.3 is 14.6 Å². The highest BCUT2D eigenvalue weighted by Crippen LogP contribution is 2.22. The molecule has 1 aromatic heterocycles. The molecule has 0 radical (unpaired) electrons. The van der Waals surface area contributed by atoms with Crippen LogP contribution < -0.4 is 14.4 Å². The number of nitrogens with one attached hydrogen (secondary N) is 1. The van der Waals surface area contributed by atoms with Gasteiger partial charge in [-0.3, -0.25) is 9.10 Å². The molecule has 3 rings (SSSR count). The molecule has 1 amide bonds. The number of hydrogen-bond donors (Lipinski definition) is 1. The van der Waals surface area contributed by atoms with E-state index in [4.69, 9.17) is 9.26 Å². The van der Waals surface area contributed by atoms with E-state index in [1.165, 1.54) is 0 Å². The van der Waals surface area contributed by atoms with Crippen LogP contribution in [0.1, 0.15) is 25.7 Å². The zero-order valence-corrected chi connectivity index (χ0v) is 19.4. The molecule has 0 unspecified atom stereocenters. The van der Waals surface area contributed by atoms with Crippen molar-refractivity contribution in [2.75, 3.05) is 23.7 Å². The van der Waals surface area contributed by atoms with Crippen LogP contribution in [0.2, 0.25) is 0 Å². The molecular weight excluding hydrogens is 470 g/mol. The fourth-order valence-electron chi connectivity index (χ4n) is 3.08. The number of halogens is 2. The third-order valence-corrected chi connectivity index (χ3v) is 5.88. The average Bonchev–Trinajstić information content (AvgIpc) is 3.26. The largest absolute Gasteiger partial charge is 0.494 e. The molecule has 0 aliphatic carbocycles. The lowest BCUT2D eigenvalue weighted by Crippen LogP contribution is -2.32. The summed E-state index contributed by atoms with van der Waals surface area (Å²) in [6.07, 6.45) is 1.10. The molecule has 12 heteroatoms. The third kappa shape index (κ3) is 6.73. The van der Waals surface area contributed by atoms with E-state index >= 15 is 0 Å². The van der Waals surface area contributed by atoms with E-state index in [9.17, 15) is 22.0 Å². The molecule has 9 nitrogen and oxygen atoms in total. The average molecular weight is 495 g/mol. The van der Waals surface area contributed by atoms with Gasteiger partial charge in [-0.15, -0.1) is 0 Å². The fraction of sp³-hybridized carbons (Fsp3) is 0.318. The topological polar surface area (TPSA) is 115 Å².